The standard InChI is InChI=1S/C19H16Br2N2O/c1-13(24)23-19(15-5-9-17(21)10-6-15)12-18(22-23)11-4-14-2-7-16(20)8-3-14/h2-11,19H,12H2,1H3/b11-4+/t19-/m1/s1. The third-order valence-electron chi connectivity index (χ3n) is 3.85. The zero-order valence-electron chi connectivity index (χ0n) is 13.1. The summed E-state index contributed by atoms with van der Waals surface area (Å²) in [4.78, 5) is 11.9. The Morgan fingerprint density at radius 2 is 1.62 bits per heavy atom. The van der Waals surface area contributed by atoms with Crippen molar-refractivity contribution in [2.75, 3.05) is 0 Å². The van der Waals surface area contributed by atoms with E-state index in [4.69, 9.17) is 0 Å². The van der Waals surface area contributed by atoms with Crippen molar-refractivity contribution in [2.45, 2.75) is 19.4 Å². The SMILES string of the molecule is CC(=O)N1N=C(/C=C/c2ccc(Br)cc2)C[C@@H]1c1ccc(Br)cc1. The lowest BCUT2D eigenvalue weighted by Gasteiger charge is -2.20. The number of hydrogen-bond donors (Lipinski definition) is 0. The third-order valence-corrected chi connectivity index (χ3v) is 4.91. The molecule has 1 amide bonds. The molecule has 122 valence electrons. The normalized spacial score (nSPS) is 17.4. The van der Waals surface area contributed by atoms with E-state index < -0.39 is 0 Å². The van der Waals surface area contributed by atoms with Gasteiger partial charge in [0.25, 0.3) is 0 Å². The topological polar surface area (TPSA) is 32.7 Å². The van der Waals surface area contributed by atoms with Crippen LogP contribution in [0.5, 0.6) is 0 Å². The second kappa shape index (κ2) is 7.45. The van der Waals surface area contributed by atoms with Crippen LogP contribution in [0.4, 0.5) is 0 Å². The van der Waals surface area contributed by atoms with Crippen LogP contribution in [0.2, 0.25) is 0 Å². The molecule has 3 rings (SSSR count). The highest BCUT2D eigenvalue weighted by molar-refractivity contribution is 9.10. The van der Waals surface area contributed by atoms with E-state index in [1.54, 1.807) is 11.9 Å². The summed E-state index contributed by atoms with van der Waals surface area (Å²) in [5.41, 5.74) is 3.09. The number of hydrazone groups is 1. The van der Waals surface area contributed by atoms with Crippen LogP contribution in [0, 0.1) is 0 Å². The summed E-state index contributed by atoms with van der Waals surface area (Å²) in [5, 5.41) is 6.07. The number of nitrogens with zero attached hydrogens (tertiary/aromatic N) is 2. The van der Waals surface area contributed by atoms with E-state index in [2.05, 4.69) is 37.0 Å². The van der Waals surface area contributed by atoms with Crippen LogP contribution >= 0.6 is 31.9 Å². The molecule has 3 nitrogen and oxygen atoms in total. The average Bonchev–Trinajstić information content (AvgIpc) is 3.00. The molecule has 1 aliphatic heterocycles. The van der Waals surface area contributed by atoms with Crippen LogP contribution in [0.15, 0.2) is 68.7 Å². The Balaban J connectivity index is 1.80. The van der Waals surface area contributed by atoms with Gasteiger partial charge in [-0.05, 0) is 41.5 Å². The molecule has 1 heterocycles. The number of carbonyl (C=O) groups is 1. The van der Waals surface area contributed by atoms with Gasteiger partial charge >= 0.3 is 0 Å². The van der Waals surface area contributed by atoms with Crippen LogP contribution in [-0.2, 0) is 4.79 Å². The van der Waals surface area contributed by atoms with Crippen molar-refractivity contribution in [1.82, 2.24) is 5.01 Å². The van der Waals surface area contributed by atoms with Gasteiger partial charge in [0.1, 0.15) is 0 Å². The molecule has 0 spiro atoms. The molecule has 2 aromatic rings. The quantitative estimate of drug-likeness (QED) is 0.604. The number of benzene rings is 2. The molecule has 0 saturated carbocycles. The van der Waals surface area contributed by atoms with E-state index in [1.165, 1.54) is 0 Å². The van der Waals surface area contributed by atoms with Crippen LogP contribution in [0.3, 0.4) is 0 Å². The van der Waals surface area contributed by atoms with Crippen molar-refractivity contribution in [2.24, 2.45) is 5.10 Å². The van der Waals surface area contributed by atoms with Crippen molar-refractivity contribution in [3.8, 4) is 0 Å². The summed E-state index contributed by atoms with van der Waals surface area (Å²) < 4.78 is 2.07. The Labute approximate surface area is 158 Å². The molecule has 1 aliphatic rings. The lowest BCUT2D eigenvalue weighted by molar-refractivity contribution is -0.130. The molecule has 2 aromatic carbocycles. The van der Waals surface area contributed by atoms with Crippen LogP contribution < -0.4 is 0 Å². The highest BCUT2D eigenvalue weighted by Crippen LogP contribution is 2.32. The fraction of sp³-hybridized carbons (Fsp3) is 0.158. The molecule has 0 unspecified atom stereocenters. The number of hydrogen-bond acceptors (Lipinski definition) is 2. The molecule has 0 aromatic heterocycles. The van der Waals surface area contributed by atoms with Gasteiger partial charge in [-0.1, -0.05) is 62.2 Å². The van der Waals surface area contributed by atoms with Gasteiger partial charge in [-0.2, -0.15) is 5.10 Å². The van der Waals surface area contributed by atoms with Crippen LogP contribution in [-0.4, -0.2) is 16.6 Å². The number of amides is 1. The number of allylic oxidation sites excluding steroid dienone is 1. The van der Waals surface area contributed by atoms with Gasteiger partial charge in [-0.25, -0.2) is 5.01 Å². The molecule has 0 N–H and O–H groups in total. The minimum Gasteiger partial charge on any atom is -0.273 e. The predicted octanol–water partition coefficient (Wildman–Crippen LogP) is 5.57. The molecule has 5 heteroatoms. The Morgan fingerprint density at radius 1 is 1.04 bits per heavy atom. The van der Waals surface area contributed by atoms with Crippen LogP contribution in [0.25, 0.3) is 6.08 Å². The fourth-order valence-electron chi connectivity index (χ4n) is 2.64. The van der Waals surface area contributed by atoms with Crippen molar-refractivity contribution in [3.63, 3.8) is 0 Å². The van der Waals surface area contributed by atoms with Gasteiger partial charge in [0.05, 0.1) is 11.8 Å². The summed E-state index contributed by atoms with van der Waals surface area (Å²) in [6, 6.07) is 16.1. The Hall–Kier alpha value is -1.72. The predicted molar refractivity (Wildman–Crippen MR) is 105 cm³/mol. The summed E-state index contributed by atoms with van der Waals surface area (Å²) in [6.45, 7) is 1.55. The van der Waals surface area contributed by atoms with Crippen molar-refractivity contribution in [1.29, 1.82) is 0 Å². The van der Waals surface area contributed by atoms with Gasteiger partial charge in [-0.15, -0.1) is 0 Å². The maximum Gasteiger partial charge on any atom is 0.240 e. The molecular formula is C19H16Br2N2O. The minimum absolute atomic E-state index is 0.0415. The summed E-state index contributed by atoms with van der Waals surface area (Å²) in [6.07, 6.45) is 4.72. The molecule has 0 fully saturated rings. The first-order chi connectivity index (χ1) is 11.5. The Bertz CT molecular complexity index is 795. The monoisotopic (exact) mass is 446 g/mol. The van der Waals surface area contributed by atoms with Gasteiger partial charge in [0.15, 0.2) is 0 Å². The molecule has 24 heavy (non-hydrogen) atoms. The minimum atomic E-state index is -0.0463. The molecule has 1 atom stereocenters. The molecular weight excluding hydrogens is 432 g/mol. The second-order valence-electron chi connectivity index (χ2n) is 5.61. The van der Waals surface area contributed by atoms with Crippen molar-refractivity contribution >= 4 is 49.6 Å². The maximum absolute atomic E-state index is 11.9. The average molecular weight is 448 g/mol. The van der Waals surface area contributed by atoms with E-state index in [1.807, 2.05) is 60.7 Å². The fourth-order valence-corrected chi connectivity index (χ4v) is 3.16. The van der Waals surface area contributed by atoms with E-state index in [-0.39, 0.29) is 11.9 Å². The number of rotatable bonds is 3. The second-order valence-corrected chi connectivity index (χ2v) is 7.44. The zero-order chi connectivity index (χ0) is 17.1. The van der Waals surface area contributed by atoms with E-state index in [9.17, 15) is 4.79 Å². The van der Waals surface area contributed by atoms with Gasteiger partial charge < -0.3 is 0 Å². The molecule has 0 saturated heterocycles. The molecule has 0 bridgehead atoms. The van der Waals surface area contributed by atoms with Gasteiger partial charge in [0.2, 0.25) is 5.91 Å². The first kappa shape index (κ1) is 17.1. The zero-order valence-corrected chi connectivity index (χ0v) is 16.3. The molecule has 0 radical (unpaired) electrons. The highest BCUT2D eigenvalue weighted by Gasteiger charge is 2.29. The lowest BCUT2D eigenvalue weighted by Crippen LogP contribution is -2.24. The van der Waals surface area contributed by atoms with E-state index >= 15 is 0 Å². The Kier molecular flexibility index (Phi) is 5.31. The third kappa shape index (κ3) is 4.02. The summed E-state index contributed by atoms with van der Waals surface area (Å²) in [5.74, 6) is -0.0463. The van der Waals surface area contributed by atoms with Crippen LogP contribution in [0.1, 0.15) is 30.5 Å². The first-order valence-corrected chi connectivity index (χ1v) is 9.18. The first-order valence-electron chi connectivity index (χ1n) is 7.59. The number of halogens is 2. The van der Waals surface area contributed by atoms with Crippen molar-refractivity contribution < 1.29 is 4.79 Å². The summed E-state index contributed by atoms with van der Waals surface area (Å²) in [7, 11) is 0. The molecule has 0 aliphatic carbocycles. The van der Waals surface area contributed by atoms with Crippen molar-refractivity contribution in [3.05, 3.63) is 74.7 Å². The van der Waals surface area contributed by atoms with E-state index in [0.717, 1.165) is 25.8 Å². The lowest BCUT2D eigenvalue weighted by atomic mass is 10.0. The smallest absolute Gasteiger partial charge is 0.240 e. The maximum atomic E-state index is 11.9. The largest absolute Gasteiger partial charge is 0.273 e. The Morgan fingerprint density at radius 3 is 2.21 bits per heavy atom. The summed E-state index contributed by atoms with van der Waals surface area (Å²) >= 11 is 6.87. The van der Waals surface area contributed by atoms with Gasteiger partial charge in [0, 0.05) is 22.3 Å². The highest BCUT2D eigenvalue weighted by atomic mass is 79.9. The number of carbonyl (C=O) groups excluding carboxylic acids is 1. The van der Waals surface area contributed by atoms with E-state index in [0.29, 0.717) is 6.42 Å². The van der Waals surface area contributed by atoms with Gasteiger partial charge in [-0.3, -0.25) is 4.79 Å².